The third kappa shape index (κ3) is 12.6. The van der Waals surface area contributed by atoms with E-state index in [1.54, 1.807) is 0 Å². The van der Waals surface area contributed by atoms with E-state index in [9.17, 15) is 0 Å². The molecule has 4 aliphatic carbocycles. The van der Waals surface area contributed by atoms with Crippen LogP contribution in [0, 0.1) is 58.8 Å². The van der Waals surface area contributed by atoms with Crippen molar-refractivity contribution in [1.29, 1.82) is 0 Å². The minimum Gasteiger partial charge on any atom is -0.381 e. The summed E-state index contributed by atoms with van der Waals surface area (Å²) in [6.45, 7) is 4.80. The second kappa shape index (κ2) is 21.8. The van der Waals surface area contributed by atoms with Gasteiger partial charge in [0, 0.05) is 24.0 Å². The van der Waals surface area contributed by atoms with Crippen molar-refractivity contribution in [1.82, 2.24) is 0 Å². The lowest BCUT2D eigenvalue weighted by Gasteiger charge is -2.32. The molecule has 0 unspecified atom stereocenters. The summed E-state index contributed by atoms with van der Waals surface area (Å²) in [5.74, 6) is 3.62. The first-order valence-electron chi connectivity index (χ1n) is 23.3. The van der Waals surface area contributed by atoms with Crippen LogP contribution in [0.2, 0.25) is 0 Å². The van der Waals surface area contributed by atoms with Crippen molar-refractivity contribution in [2.45, 2.75) is 193 Å². The van der Waals surface area contributed by atoms with E-state index in [0.717, 1.165) is 98.0 Å². The van der Waals surface area contributed by atoms with Crippen molar-refractivity contribution < 1.29 is 22.3 Å². The molecule has 0 saturated heterocycles. The molecule has 0 amide bonds. The van der Waals surface area contributed by atoms with Gasteiger partial charge in [0.25, 0.3) is 0 Å². The molecule has 4 fully saturated rings. The van der Waals surface area contributed by atoms with Crippen molar-refractivity contribution >= 4 is 0 Å². The van der Waals surface area contributed by atoms with Gasteiger partial charge in [-0.15, -0.1) is 0 Å². The monoisotopic (exact) mass is 767 g/mol. The molecule has 308 valence electrons. The van der Waals surface area contributed by atoms with Crippen molar-refractivity contribution in [3.63, 3.8) is 0 Å². The van der Waals surface area contributed by atoms with E-state index < -0.39 is 23.3 Å². The highest BCUT2D eigenvalue weighted by molar-refractivity contribution is 5.30. The maximum absolute atomic E-state index is 15.2. The SMILES string of the molecule is CCCC1CCC(CCC2CCC(c3cc(F)c(CCOCCc4c(F)cc(C5CCC(CCC6CCC(CCC)CC6)CC5)cc4F)c(F)c3)CC2)CC1. The molecule has 0 N–H and O–H groups in total. The second-order valence-corrected chi connectivity index (χ2v) is 19.0. The highest BCUT2D eigenvalue weighted by atomic mass is 19.1. The molecule has 0 heterocycles. The molecule has 4 aliphatic rings. The Hall–Kier alpha value is -1.88. The number of hydrogen-bond donors (Lipinski definition) is 0. The summed E-state index contributed by atoms with van der Waals surface area (Å²) in [5.41, 5.74) is 1.64. The van der Waals surface area contributed by atoms with Crippen molar-refractivity contribution in [3.8, 4) is 0 Å². The van der Waals surface area contributed by atoms with Crippen LogP contribution < -0.4 is 0 Å². The quantitative estimate of drug-likeness (QED) is 0.108. The molecule has 0 bridgehead atoms. The Balaban J connectivity index is 0.868. The molecule has 0 atom stereocenters. The topological polar surface area (TPSA) is 9.23 Å². The van der Waals surface area contributed by atoms with Gasteiger partial charge >= 0.3 is 0 Å². The van der Waals surface area contributed by atoms with E-state index in [2.05, 4.69) is 13.8 Å². The highest BCUT2D eigenvalue weighted by Crippen LogP contribution is 2.43. The Morgan fingerprint density at radius 1 is 0.400 bits per heavy atom. The summed E-state index contributed by atoms with van der Waals surface area (Å²) in [5, 5.41) is 0. The van der Waals surface area contributed by atoms with Gasteiger partial charge < -0.3 is 4.74 Å². The van der Waals surface area contributed by atoms with Crippen LogP contribution in [0.3, 0.4) is 0 Å². The van der Waals surface area contributed by atoms with Crippen LogP contribution in [0.25, 0.3) is 0 Å². The molecule has 0 radical (unpaired) electrons. The smallest absolute Gasteiger partial charge is 0.129 e. The van der Waals surface area contributed by atoms with Crippen LogP contribution in [0.15, 0.2) is 24.3 Å². The fraction of sp³-hybridized carbons (Fsp3) is 0.760. The normalized spacial score (nSPS) is 29.1. The molecule has 4 saturated carbocycles. The van der Waals surface area contributed by atoms with Gasteiger partial charge in [-0.25, -0.2) is 17.6 Å². The summed E-state index contributed by atoms with van der Waals surface area (Å²) < 4.78 is 66.4. The first kappa shape index (κ1) is 42.7. The summed E-state index contributed by atoms with van der Waals surface area (Å²) in [7, 11) is 0. The first-order chi connectivity index (χ1) is 26.8. The number of halogens is 4. The summed E-state index contributed by atoms with van der Waals surface area (Å²) in [6.07, 6.45) is 30.8. The number of rotatable bonds is 18. The van der Waals surface area contributed by atoms with Gasteiger partial charge in [0.15, 0.2) is 0 Å². The second-order valence-electron chi connectivity index (χ2n) is 19.0. The molecule has 2 aromatic rings. The van der Waals surface area contributed by atoms with Crippen LogP contribution in [0.4, 0.5) is 17.6 Å². The predicted molar refractivity (Wildman–Crippen MR) is 220 cm³/mol. The average Bonchev–Trinajstić information content (AvgIpc) is 3.19. The van der Waals surface area contributed by atoms with Gasteiger partial charge in [-0.3, -0.25) is 0 Å². The Labute approximate surface area is 332 Å². The van der Waals surface area contributed by atoms with Crippen molar-refractivity contribution in [3.05, 3.63) is 69.8 Å². The van der Waals surface area contributed by atoms with Crippen LogP contribution in [-0.4, -0.2) is 13.2 Å². The van der Waals surface area contributed by atoms with Gasteiger partial charge in [-0.05, 0) is 134 Å². The molecule has 2 aromatic carbocycles. The van der Waals surface area contributed by atoms with Gasteiger partial charge in [0.05, 0.1) is 13.2 Å². The largest absolute Gasteiger partial charge is 0.381 e. The zero-order valence-corrected chi connectivity index (χ0v) is 34.6. The first-order valence-corrected chi connectivity index (χ1v) is 23.3. The minimum atomic E-state index is -0.508. The van der Waals surface area contributed by atoms with Crippen LogP contribution in [0.5, 0.6) is 0 Å². The van der Waals surface area contributed by atoms with E-state index in [1.807, 2.05) is 0 Å². The fourth-order valence-corrected chi connectivity index (χ4v) is 11.6. The van der Waals surface area contributed by atoms with Gasteiger partial charge in [-0.1, -0.05) is 117 Å². The maximum Gasteiger partial charge on any atom is 0.129 e. The average molecular weight is 767 g/mol. The Morgan fingerprint density at radius 2 is 0.655 bits per heavy atom. The van der Waals surface area contributed by atoms with Crippen molar-refractivity contribution in [2.24, 2.45) is 35.5 Å². The molecule has 0 aromatic heterocycles. The summed E-state index contributed by atoms with van der Waals surface area (Å²) in [6, 6.07) is 6.15. The van der Waals surface area contributed by atoms with E-state index >= 15 is 17.6 Å². The fourth-order valence-electron chi connectivity index (χ4n) is 11.6. The van der Waals surface area contributed by atoms with Gasteiger partial charge in [-0.2, -0.15) is 0 Å². The van der Waals surface area contributed by atoms with E-state index in [-0.39, 0.29) is 49.0 Å². The third-order valence-electron chi connectivity index (χ3n) is 15.2. The molecular weight excluding hydrogens is 693 g/mol. The van der Waals surface area contributed by atoms with Gasteiger partial charge in [0.1, 0.15) is 23.3 Å². The minimum absolute atomic E-state index is 0.0389. The van der Waals surface area contributed by atoms with Crippen molar-refractivity contribution in [2.75, 3.05) is 13.2 Å². The van der Waals surface area contributed by atoms with Crippen LogP contribution >= 0.6 is 0 Å². The molecular formula is C50H74F4O. The molecule has 6 rings (SSSR count). The Bertz CT molecular complexity index is 1270. The lowest BCUT2D eigenvalue weighted by atomic mass is 9.74. The number of benzene rings is 2. The highest BCUT2D eigenvalue weighted by Gasteiger charge is 2.28. The molecule has 0 spiro atoms. The van der Waals surface area contributed by atoms with Crippen LogP contribution in [-0.2, 0) is 17.6 Å². The predicted octanol–water partition coefficient (Wildman–Crippen LogP) is 15.4. The van der Waals surface area contributed by atoms with Gasteiger partial charge in [0.2, 0.25) is 0 Å². The number of ether oxygens (including phenoxy) is 1. The molecule has 1 nitrogen and oxygen atoms in total. The zero-order chi connectivity index (χ0) is 38.6. The maximum atomic E-state index is 15.2. The molecule has 5 heteroatoms. The lowest BCUT2D eigenvalue weighted by molar-refractivity contribution is 0.137. The summed E-state index contributed by atoms with van der Waals surface area (Å²) >= 11 is 0. The van der Waals surface area contributed by atoms with Crippen LogP contribution in [0.1, 0.15) is 202 Å². The molecule has 0 aliphatic heterocycles. The molecule has 55 heavy (non-hydrogen) atoms. The van der Waals surface area contributed by atoms with E-state index in [1.165, 1.54) is 127 Å². The lowest BCUT2D eigenvalue weighted by Crippen LogP contribution is -2.18. The standard InChI is InChI=1S/C50H74F4O/c1-3-5-35-7-11-37(12-8-35)15-17-39-19-23-41(24-20-39)43-31-47(51)45(48(52)32-43)27-29-55-30-28-46-49(53)33-44(34-50(46)54)42-25-21-40(22-26-42)18-16-38-13-9-36(6-4-2)10-14-38/h31-42H,3-30H2,1-2H3. The Morgan fingerprint density at radius 3 is 0.927 bits per heavy atom. The van der Waals surface area contributed by atoms with E-state index in [0.29, 0.717) is 0 Å². The number of hydrogen-bond acceptors (Lipinski definition) is 1. The van der Waals surface area contributed by atoms with E-state index in [4.69, 9.17) is 4.74 Å². The third-order valence-corrected chi connectivity index (χ3v) is 15.2. The Kier molecular flexibility index (Phi) is 16.9. The zero-order valence-electron chi connectivity index (χ0n) is 34.6. The summed E-state index contributed by atoms with van der Waals surface area (Å²) in [4.78, 5) is 0.